The van der Waals surface area contributed by atoms with Gasteiger partial charge in [-0.05, 0) is 119 Å². The van der Waals surface area contributed by atoms with Gasteiger partial charge in [0.05, 0.1) is 25.9 Å². The van der Waals surface area contributed by atoms with E-state index < -0.39 is 242 Å². The molecule has 29 N–H and O–H groups in total. The van der Waals surface area contributed by atoms with Crippen LogP contribution in [0, 0.1) is 23.2 Å². The van der Waals surface area contributed by atoms with Crippen molar-refractivity contribution in [1.29, 1.82) is 5.41 Å². The van der Waals surface area contributed by atoms with Crippen LogP contribution in [-0.4, -0.2) is 291 Å². The molecule has 15 atom stereocenters. The zero-order valence-corrected chi connectivity index (χ0v) is 76.0. The molecule has 0 aliphatic carbocycles. The largest absolute Gasteiger partial charge is 0.481 e. The van der Waals surface area contributed by atoms with Crippen LogP contribution in [0.15, 0.2) is 85.8 Å². The number of unbranched alkanes of at least 4 members (excludes halogenated alkanes) is 1. The van der Waals surface area contributed by atoms with Crippen LogP contribution in [0.4, 0.5) is 0 Å². The maximum absolute atomic E-state index is 15.2. The maximum Gasteiger partial charge on any atom is 0.327 e. The first-order chi connectivity index (χ1) is 63.2. The van der Waals surface area contributed by atoms with E-state index in [0.29, 0.717) is 34.1 Å². The van der Waals surface area contributed by atoms with E-state index >= 15 is 4.79 Å². The molecule has 3 aromatic heterocycles. The van der Waals surface area contributed by atoms with E-state index in [1.807, 2.05) is 0 Å². The van der Waals surface area contributed by atoms with Crippen LogP contribution in [0.25, 0.3) is 10.9 Å². The van der Waals surface area contributed by atoms with Crippen molar-refractivity contribution in [2.45, 2.75) is 248 Å². The number of guanidine groups is 1. The van der Waals surface area contributed by atoms with E-state index in [4.69, 9.17) is 22.6 Å². The smallest absolute Gasteiger partial charge is 0.327 e. The Labute approximate surface area is 772 Å². The molecule has 47 heteroatoms. The summed E-state index contributed by atoms with van der Waals surface area (Å²) in [6, 6.07) is -7.90. The number of aliphatic hydroxyl groups excluding tert-OH is 2. The van der Waals surface area contributed by atoms with Gasteiger partial charge in [-0.25, -0.2) is 14.8 Å². The Hall–Kier alpha value is -13.2. The number of rotatable bonds is 59. The standard InChI is InChI=1S/C86H128N24O22S/c1-45(2)30-59(101-71(117)53(88)40-111)77(123)105-63(35-50-38-91-43-95-50)81(127)107-65(33-48-16-8-7-9-17-48)84(130)110-29-15-22-68(110)83(129)106-64(36-51-39-92-44-96-51)80(126)100-58(24-26-70(115)116)75(121)108-66(41-112)82(128)103-60(31-46(3)4)76(122)98-56(21-14-28-93-86(89)90)72(118)99-57(23-25-69(113)114)74(120)104-62(34-49-37-94-54-19-11-10-18-52(49)54)79(125)97-55(20-12-13-27-87)73(119)102-61(32-47(5)6)78(124)109-67(42-133)85(131)132/h7-11,16-19,37-39,43-47,53,55-68,94,111-112,133H,12-15,20-36,40-42,87-88H2,1-6H3,(H,91,95)(H,92,96)(H,97,125)(H,98,122)(H,99,118)(H,100,126)(H,101,117)(H,102,119)(H,103,128)(H,104,120)(H,105,123)(H,106,129)(H,107,127)(H,108,121)(H,109,124)(H,113,114)(H,115,116)(H,131,132)(H4,89,90,93)/t53-,55-,56-,57-,58-,59-,60-,61-,62-,63-,64-,65-,66-,67-,68-/m0/s1. The second-order valence-corrected chi connectivity index (χ2v) is 34.2. The SMILES string of the molecule is CC(C)C[C@H](NC(=O)[C@H](CCCCN)NC(=O)[C@H](Cc1c[nH]c2ccccc12)NC(=O)[C@H](CCC(=O)O)NC(=O)[C@H](CCCNC(=N)N)NC(=O)[C@H](CC(C)C)NC(=O)[C@H](CO)NC(=O)[C@H](CCC(=O)O)NC(=O)[C@H](Cc1cnc[nH]1)NC(=O)[C@@H]1CCCN1C(=O)[C@H](Cc1ccccc1)NC(=O)[C@H](Cc1cnc[nH]1)NC(=O)[C@H](CC(C)C)NC(=O)[C@@H](N)CO)C(=O)N[C@@H](CS)C(=O)O. The molecule has 0 bridgehead atoms. The molecule has 46 nitrogen and oxygen atoms in total. The van der Waals surface area contributed by atoms with Gasteiger partial charge in [0.2, 0.25) is 82.7 Å². The second kappa shape index (κ2) is 55.2. The van der Waals surface area contributed by atoms with Crippen molar-refractivity contribution < 1.29 is 107 Å². The van der Waals surface area contributed by atoms with Gasteiger partial charge in [-0.2, -0.15) is 12.6 Å². The van der Waals surface area contributed by atoms with E-state index in [1.165, 1.54) is 29.9 Å². The summed E-state index contributed by atoms with van der Waals surface area (Å²) in [6.45, 7) is 8.49. The number of aromatic nitrogens is 5. The van der Waals surface area contributed by atoms with Crippen molar-refractivity contribution in [3.63, 3.8) is 0 Å². The summed E-state index contributed by atoms with van der Waals surface area (Å²) in [5.74, 6) is -19.7. The van der Waals surface area contributed by atoms with E-state index in [1.54, 1.807) is 102 Å². The number of carbonyl (C=O) groups is 17. The summed E-state index contributed by atoms with van der Waals surface area (Å²) in [5, 5.41) is 94.3. The summed E-state index contributed by atoms with van der Waals surface area (Å²) < 4.78 is 0. The molecule has 0 spiro atoms. The van der Waals surface area contributed by atoms with Crippen molar-refractivity contribution in [2.75, 3.05) is 38.6 Å². The summed E-state index contributed by atoms with van der Waals surface area (Å²) in [7, 11) is 0. The van der Waals surface area contributed by atoms with Crippen LogP contribution < -0.4 is 91.6 Å². The Bertz CT molecular complexity index is 4730. The number of aromatic amines is 3. The van der Waals surface area contributed by atoms with Gasteiger partial charge in [0.25, 0.3) is 0 Å². The van der Waals surface area contributed by atoms with Gasteiger partial charge < -0.3 is 137 Å². The van der Waals surface area contributed by atoms with E-state index in [2.05, 4.69) is 112 Å². The molecule has 0 radical (unpaired) electrons. The quantitative estimate of drug-likeness (QED) is 0.00759. The average molecular weight is 1880 g/mol. The van der Waals surface area contributed by atoms with Gasteiger partial charge in [0.15, 0.2) is 5.96 Å². The summed E-state index contributed by atoms with van der Waals surface area (Å²) >= 11 is 4.03. The lowest BCUT2D eigenvalue weighted by Crippen LogP contribution is -2.61. The van der Waals surface area contributed by atoms with Crippen LogP contribution in [0.5, 0.6) is 0 Å². The minimum absolute atomic E-state index is 0.0150. The molecule has 14 amide bonds. The molecule has 4 heterocycles. The molecule has 2 aromatic carbocycles. The number of aliphatic hydroxyl groups is 2. The highest BCUT2D eigenvalue weighted by molar-refractivity contribution is 7.80. The lowest BCUT2D eigenvalue weighted by Gasteiger charge is -2.31. The number of amides is 14. The van der Waals surface area contributed by atoms with Gasteiger partial charge in [-0.15, -0.1) is 0 Å². The number of thiol groups is 1. The molecule has 1 fully saturated rings. The van der Waals surface area contributed by atoms with Crippen molar-refractivity contribution >= 4 is 130 Å². The summed E-state index contributed by atoms with van der Waals surface area (Å²) in [4.78, 5) is 258. The molecule has 730 valence electrons. The van der Waals surface area contributed by atoms with Crippen molar-refractivity contribution in [2.24, 2.45) is 35.0 Å². The first-order valence-electron chi connectivity index (χ1n) is 44.0. The van der Waals surface area contributed by atoms with Gasteiger partial charge in [-0.1, -0.05) is 90.1 Å². The molecule has 0 saturated carbocycles. The molecule has 1 aliphatic heterocycles. The second-order valence-electron chi connectivity index (χ2n) is 33.8. The number of nitrogens with zero attached hydrogens (tertiary/aromatic N) is 3. The Morgan fingerprint density at radius 3 is 1.32 bits per heavy atom. The zero-order chi connectivity index (χ0) is 98.1. The third-order valence-electron chi connectivity index (χ3n) is 21.6. The summed E-state index contributed by atoms with van der Waals surface area (Å²) in [6.07, 6.45) is 3.27. The number of fused-ring (bicyclic) bond motifs is 1. The van der Waals surface area contributed by atoms with E-state index in [-0.39, 0.29) is 126 Å². The molecule has 5 aromatic rings. The van der Waals surface area contributed by atoms with E-state index in [9.17, 15) is 102 Å². The van der Waals surface area contributed by atoms with Crippen molar-refractivity contribution in [3.05, 3.63) is 108 Å². The normalized spacial score (nSPS) is 15.6. The van der Waals surface area contributed by atoms with Crippen LogP contribution in [0.1, 0.15) is 154 Å². The average Bonchev–Trinajstić information content (AvgIpc) is 1.70. The van der Waals surface area contributed by atoms with Gasteiger partial charge in [0.1, 0.15) is 90.6 Å². The highest BCUT2D eigenvalue weighted by Gasteiger charge is 2.43. The fraction of sp³-hybridized carbons (Fsp3) is 0.558. The molecular weight excluding hydrogens is 1750 g/mol. The predicted molar refractivity (Wildman–Crippen MR) is 484 cm³/mol. The number of H-pyrrole nitrogens is 3. The Balaban J connectivity index is 1.24. The lowest BCUT2D eigenvalue weighted by molar-refractivity contribution is -0.142. The third-order valence-corrected chi connectivity index (χ3v) is 22.0. The topological polar surface area (TPSA) is 738 Å². The fourth-order valence-corrected chi connectivity index (χ4v) is 14.9. The predicted octanol–water partition coefficient (Wildman–Crippen LogP) is -4.24. The number of carboxylic acids is 3. The lowest BCUT2D eigenvalue weighted by atomic mass is 10.00. The van der Waals surface area contributed by atoms with Crippen molar-refractivity contribution in [3.8, 4) is 0 Å². The first-order valence-corrected chi connectivity index (χ1v) is 44.7. The molecule has 1 saturated heterocycles. The molecular formula is C86H128N24O22S. The van der Waals surface area contributed by atoms with Crippen LogP contribution in [0.3, 0.4) is 0 Å². The first kappa shape index (κ1) is 109. The van der Waals surface area contributed by atoms with Crippen LogP contribution in [-0.2, 0) is 107 Å². The number of hydrogen-bond donors (Lipinski definition) is 27. The molecule has 133 heavy (non-hydrogen) atoms. The summed E-state index contributed by atoms with van der Waals surface area (Å²) in [5.41, 5.74) is 19.4. The Morgan fingerprint density at radius 1 is 0.474 bits per heavy atom. The molecule has 0 unspecified atom stereocenters. The number of nitrogens with two attached hydrogens (primary N) is 3. The number of carbonyl (C=O) groups excluding carboxylic acids is 14. The number of imidazole rings is 2. The highest BCUT2D eigenvalue weighted by Crippen LogP contribution is 2.24. The minimum Gasteiger partial charge on any atom is -0.481 e. The van der Waals surface area contributed by atoms with Gasteiger partial charge in [0, 0.05) is 98.2 Å². The minimum atomic E-state index is -1.99. The van der Waals surface area contributed by atoms with E-state index in [0.717, 1.165) is 0 Å². The number of carboxylic acid groups (broad SMARTS) is 3. The van der Waals surface area contributed by atoms with Crippen LogP contribution >= 0.6 is 12.6 Å². The molecule has 6 rings (SSSR count). The Kier molecular flexibility index (Phi) is 45.1. The van der Waals surface area contributed by atoms with Gasteiger partial charge in [-0.3, -0.25) is 82.1 Å². The fourth-order valence-electron chi connectivity index (χ4n) is 14.7. The number of aliphatic carboxylic acids is 3. The maximum atomic E-state index is 15.2. The molecule has 1 aliphatic rings. The van der Waals surface area contributed by atoms with Gasteiger partial charge >= 0.3 is 17.9 Å². The highest BCUT2D eigenvalue weighted by atomic mass is 32.1. The number of para-hydroxylation sites is 1. The monoisotopic (exact) mass is 1880 g/mol. The number of hydrogen-bond acceptors (Lipinski definition) is 25. The Morgan fingerprint density at radius 2 is 0.880 bits per heavy atom. The van der Waals surface area contributed by atoms with Crippen molar-refractivity contribution in [1.82, 2.24) is 104 Å². The van der Waals surface area contributed by atoms with Crippen LogP contribution in [0.2, 0.25) is 0 Å². The number of nitrogens with one attached hydrogen (secondary N) is 18. The third kappa shape index (κ3) is 36.5. The zero-order valence-electron chi connectivity index (χ0n) is 75.1. The number of likely N-dealkylation sites (tertiary alicyclic amines) is 1. The number of benzene rings is 2.